The van der Waals surface area contributed by atoms with Gasteiger partial charge >= 0.3 is 11.8 Å². The minimum Gasteiger partial charge on any atom is -0.391 e. The van der Waals surface area contributed by atoms with Crippen LogP contribution in [-0.2, 0) is 22.4 Å². The number of benzene rings is 2. The average Bonchev–Trinajstić information content (AvgIpc) is 2.62. The van der Waals surface area contributed by atoms with E-state index >= 15 is 0 Å². The Morgan fingerprint density at radius 2 is 1.68 bits per heavy atom. The maximum Gasteiger partial charge on any atom is 0.313 e. The van der Waals surface area contributed by atoms with Crippen LogP contribution in [0.1, 0.15) is 25.0 Å². The summed E-state index contributed by atoms with van der Waals surface area (Å²) in [4.78, 5) is 24.1. The molecule has 0 spiro atoms. The van der Waals surface area contributed by atoms with Crippen molar-refractivity contribution in [1.82, 2.24) is 5.32 Å². The van der Waals surface area contributed by atoms with Crippen LogP contribution < -0.4 is 10.6 Å². The largest absolute Gasteiger partial charge is 0.391 e. The second-order valence-electron chi connectivity index (χ2n) is 6.03. The smallest absolute Gasteiger partial charge is 0.313 e. The van der Waals surface area contributed by atoms with Gasteiger partial charge in [-0.05, 0) is 36.6 Å². The van der Waals surface area contributed by atoms with Crippen molar-refractivity contribution in [3.63, 3.8) is 0 Å². The molecule has 2 rings (SSSR count). The van der Waals surface area contributed by atoms with E-state index in [9.17, 15) is 14.7 Å². The van der Waals surface area contributed by atoms with Gasteiger partial charge in [0.1, 0.15) is 0 Å². The first-order chi connectivity index (χ1) is 12.0. The van der Waals surface area contributed by atoms with E-state index in [4.69, 9.17) is 0 Å². The highest BCUT2D eigenvalue weighted by molar-refractivity contribution is 6.39. The Kier molecular flexibility index (Phi) is 6.71. The lowest BCUT2D eigenvalue weighted by molar-refractivity contribution is -0.137. The SMILES string of the molecule is CCc1cccc(NC(=O)C(=O)NC(C)C(O)Cc2ccccc2)c1. The van der Waals surface area contributed by atoms with Crippen molar-refractivity contribution in [3.05, 3.63) is 65.7 Å². The molecule has 0 aliphatic heterocycles. The van der Waals surface area contributed by atoms with Crippen LogP contribution in [0.15, 0.2) is 54.6 Å². The fourth-order valence-corrected chi connectivity index (χ4v) is 2.46. The van der Waals surface area contributed by atoms with E-state index in [0.717, 1.165) is 17.5 Å². The second-order valence-corrected chi connectivity index (χ2v) is 6.03. The summed E-state index contributed by atoms with van der Waals surface area (Å²) in [7, 11) is 0. The molecule has 0 radical (unpaired) electrons. The van der Waals surface area contributed by atoms with E-state index in [2.05, 4.69) is 10.6 Å². The average molecular weight is 340 g/mol. The van der Waals surface area contributed by atoms with Crippen LogP contribution in [0.5, 0.6) is 0 Å². The van der Waals surface area contributed by atoms with Crippen molar-refractivity contribution < 1.29 is 14.7 Å². The number of nitrogens with one attached hydrogen (secondary N) is 2. The van der Waals surface area contributed by atoms with E-state index < -0.39 is 24.0 Å². The van der Waals surface area contributed by atoms with Crippen molar-refractivity contribution >= 4 is 17.5 Å². The molecule has 25 heavy (non-hydrogen) atoms. The summed E-state index contributed by atoms with van der Waals surface area (Å²) in [5.41, 5.74) is 2.62. The first-order valence-electron chi connectivity index (χ1n) is 8.42. The van der Waals surface area contributed by atoms with Gasteiger partial charge in [-0.25, -0.2) is 0 Å². The number of hydrogen-bond donors (Lipinski definition) is 3. The maximum atomic E-state index is 12.0. The van der Waals surface area contributed by atoms with E-state index in [1.54, 1.807) is 13.0 Å². The van der Waals surface area contributed by atoms with Crippen molar-refractivity contribution in [2.45, 2.75) is 38.8 Å². The Balaban J connectivity index is 1.88. The molecule has 0 aliphatic rings. The van der Waals surface area contributed by atoms with Gasteiger partial charge in [0.2, 0.25) is 0 Å². The molecule has 0 bridgehead atoms. The fraction of sp³-hybridized carbons (Fsp3) is 0.300. The third kappa shape index (κ3) is 5.72. The Morgan fingerprint density at radius 1 is 1.00 bits per heavy atom. The van der Waals surface area contributed by atoms with E-state index in [1.165, 1.54) is 0 Å². The van der Waals surface area contributed by atoms with Crippen LogP contribution in [-0.4, -0.2) is 29.1 Å². The van der Waals surface area contributed by atoms with Crippen LogP contribution in [0.2, 0.25) is 0 Å². The standard InChI is InChI=1S/C20H24N2O3/c1-3-15-10-7-11-17(12-15)22-20(25)19(24)21-14(2)18(23)13-16-8-5-4-6-9-16/h4-12,14,18,23H,3,13H2,1-2H3,(H,21,24)(H,22,25). The molecule has 2 amide bonds. The van der Waals surface area contributed by atoms with Crippen LogP contribution in [0.3, 0.4) is 0 Å². The zero-order valence-corrected chi connectivity index (χ0v) is 14.5. The van der Waals surface area contributed by atoms with Crippen LogP contribution in [0.25, 0.3) is 0 Å². The number of aryl methyl sites for hydroxylation is 1. The summed E-state index contributed by atoms with van der Waals surface area (Å²) < 4.78 is 0. The molecule has 0 saturated carbocycles. The first kappa shape index (κ1) is 18.7. The van der Waals surface area contributed by atoms with Crippen LogP contribution >= 0.6 is 0 Å². The molecule has 0 aromatic heterocycles. The molecule has 0 heterocycles. The molecule has 2 atom stereocenters. The molecular weight excluding hydrogens is 316 g/mol. The number of aliphatic hydroxyl groups excluding tert-OH is 1. The van der Waals surface area contributed by atoms with Crippen molar-refractivity contribution in [2.24, 2.45) is 0 Å². The molecular formula is C20H24N2O3. The lowest BCUT2D eigenvalue weighted by Crippen LogP contribution is -2.46. The van der Waals surface area contributed by atoms with Gasteiger partial charge in [0, 0.05) is 12.1 Å². The molecule has 0 saturated heterocycles. The van der Waals surface area contributed by atoms with E-state index in [-0.39, 0.29) is 0 Å². The normalized spacial score (nSPS) is 12.9. The number of hydrogen-bond acceptors (Lipinski definition) is 3. The van der Waals surface area contributed by atoms with Gasteiger partial charge in [0.15, 0.2) is 0 Å². The zero-order chi connectivity index (χ0) is 18.2. The molecule has 0 aliphatic carbocycles. The quantitative estimate of drug-likeness (QED) is 0.706. The molecule has 5 nitrogen and oxygen atoms in total. The van der Waals surface area contributed by atoms with Gasteiger partial charge in [0.25, 0.3) is 0 Å². The van der Waals surface area contributed by atoms with Gasteiger partial charge in [-0.1, -0.05) is 49.4 Å². The van der Waals surface area contributed by atoms with Gasteiger partial charge < -0.3 is 15.7 Å². The van der Waals surface area contributed by atoms with Crippen LogP contribution in [0, 0.1) is 0 Å². The highest BCUT2D eigenvalue weighted by Crippen LogP contribution is 2.11. The zero-order valence-electron chi connectivity index (χ0n) is 14.5. The maximum absolute atomic E-state index is 12.0. The van der Waals surface area contributed by atoms with Crippen molar-refractivity contribution in [2.75, 3.05) is 5.32 Å². The third-order valence-corrected chi connectivity index (χ3v) is 4.02. The molecule has 0 fully saturated rings. The molecule has 2 unspecified atom stereocenters. The van der Waals surface area contributed by atoms with E-state index in [0.29, 0.717) is 12.1 Å². The number of rotatable bonds is 6. The van der Waals surface area contributed by atoms with Gasteiger partial charge in [-0.3, -0.25) is 9.59 Å². The number of carbonyl (C=O) groups excluding carboxylic acids is 2. The van der Waals surface area contributed by atoms with Crippen molar-refractivity contribution in [3.8, 4) is 0 Å². The molecule has 3 N–H and O–H groups in total. The number of anilines is 1. The summed E-state index contributed by atoms with van der Waals surface area (Å²) >= 11 is 0. The summed E-state index contributed by atoms with van der Waals surface area (Å²) in [5.74, 6) is -1.51. The minimum atomic E-state index is -0.775. The number of aliphatic hydroxyl groups is 1. The van der Waals surface area contributed by atoms with Gasteiger partial charge in [0.05, 0.1) is 12.1 Å². The lowest BCUT2D eigenvalue weighted by atomic mass is 10.0. The third-order valence-electron chi connectivity index (χ3n) is 4.02. The Hall–Kier alpha value is -2.66. The topological polar surface area (TPSA) is 78.4 Å². The van der Waals surface area contributed by atoms with E-state index in [1.807, 2.05) is 55.5 Å². The Labute approximate surface area is 148 Å². The summed E-state index contributed by atoms with van der Waals surface area (Å²) in [6, 6.07) is 16.3. The molecule has 5 heteroatoms. The summed E-state index contributed by atoms with van der Waals surface area (Å²) in [6.45, 7) is 3.69. The summed E-state index contributed by atoms with van der Waals surface area (Å²) in [5, 5.41) is 15.3. The second kappa shape index (κ2) is 8.99. The Bertz CT molecular complexity index is 716. The van der Waals surface area contributed by atoms with Crippen molar-refractivity contribution in [1.29, 1.82) is 0 Å². The fourth-order valence-electron chi connectivity index (χ4n) is 2.46. The Morgan fingerprint density at radius 3 is 2.36 bits per heavy atom. The van der Waals surface area contributed by atoms with Gasteiger partial charge in [-0.2, -0.15) is 0 Å². The molecule has 2 aromatic carbocycles. The summed E-state index contributed by atoms with van der Waals surface area (Å²) in [6.07, 6.45) is 0.476. The monoisotopic (exact) mass is 340 g/mol. The molecule has 2 aromatic rings. The predicted molar refractivity (Wildman–Crippen MR) is 98.2 cm³/mol. The van der Waals surface area contributed by atoms with Crippen LogP contribution in [0.4, 0.5) is 5.69 Å². The predicted octanol–water partition coefficient (Wildman–Crippen LogP) is 2.30. The number of carbonyl (C=O) groups is 2. The van der Waals surface area contributed by atoms with Gasteiger partial charge in [-0.15, -0.1) is 0 Å². The number of amides is 2. The highest BCUT2D eigenvalue weighted by Gasteiger charge is 2.21. The highest BCUT2D eigenvalue weighted by atomic mass is 16.3. The lowest BCUT2D eigenvalue weighted by Gasteiger charge is -2.20. The minimum absolute atomic E-state index is 0.405. The molecule has 132 valence electrons. The first-order valence-corrected chi connectivity index (χ1v) is 8.42.